The minimum Gasteiger partial charge on any atom is -0.462 e. The molecule has 28 heavy (non-hydrogen) atoms. The molecular weight excluding hydrogens is 364 g/mol. The molecule has 0 aliphatic rings. The van der Waals surface area contributed by atoms with Crippen LogP contribution < -0.4 is 0 Å². The lowest BCUT2D eigenvalue weighted by Crippen LogP contribution is -1.81. The number of hydrogen-bond acceptors (Lipinski definition) is 2. The summed E-state index contributed by atoms with van der Waals surface area (Å²) in [6, 6.07) is 21.7. The Morgan fingerprint density at radius 2 is 1.64 bits per heavy atom. The summed E-state index contributed by atoms with van der Waals surface area (Å²) in [5.74, 6) is 0. The van der Waals surface area contributed by atoms with Gasteiger partial charge in [0.15, 0.2) is 5.58 Å². The number of benzene rings is 3. The van der Waals surface area contributed by atoms with E-state index in [1.54, 1.807) is 0 Å². The van der Waals surface area contributed by atoms with Crippen molar-refractivity contribution in [3.05, 3.63) is 66.9 Å². The molecule has 0 unspecified atom stereocenters. The average Bonchev–Trinajstić information content (AvgIpc) is 3.45. The Labute approximate surface area is 161 Å². The molecule has 5 heterocycles. The van der Waals surface area contributed by atoms with Crippen LogP contribution in [0.1, 0.15) is 0 Å². The topological polar surface area (TPSA) is 33.3 Å². The number of aromatic nitrogens is 2. The van der Waals surface area contributed by atoms with Crippen molar-refractivity contribution in [2.24, 2.45) is 0 Å². The van der Waals surface area contributed by atoms with Crippen LogP contribution in [0.4, 0.5) is 0 Å². The second-order valence-electron chi connectivity index (χ2n) is 7.49. The summed E-state index contributed by atoms with van der Waals surface area (Å²) in [5.41, 5.74) is 5.69. The molecule has 0 fully saturated rings. The minimum atomic E-state index is 0.943. The number of H-pyrrole nitrogens is 1. The molecule has 0 aliphatic heterocycles. The van der Waals surface area contributed by atoms with Gasteiger partial charge in [0.05, 0.1) is 17.3 Å². The van der Waals surface area contributed by atoms with Gasteiger partial charge < -0.3 is 9.40 Å². The molecule has 4 heteroatoms. The molecule has 0 amide bonds. The smallest absolute Gasteiger partial charge is 0.158 e. The second kappa shape index (κ2) is 4.32. The Kier molecular flexibility index (Phi) is 2.10. The first-order chi connectivity index (χ1) is 13.9. The Morgan fingerprint density at radius 1 is 0.750 bits per heavy atom. The fraction of sp³-hybridized carbons (Fsp3) is 0. The van der Waals surface area contributed by atoms with E-state index in [0.717, 1.165) is 22.0 Å². The van der Waals surface area contributed by atoms with Crippen LogP contribution in [0.15, 0.2) is 71.3 Å². The van der Waals surface area contributed by atoms with Crippen LogP contribution in [0.3, 0.4) is 0 Å². The van der Waals surface area contributed by atoms with E-state index in [-0.39, 0.29) is 0 Å². The third kappa shape index (κ3) is 1.33. The molecule has 0 bridgehead atoms. The summed E-state index contributed by atoms with van der Waals surface area (Å²) in [7, 11) is 0. The van der Waals surface area contributed by atoms with Gasteiger partial charge in [-0.25, -0.2) is 0 Å². The van der Waals surface area contributed by atoms with Gasteiger partial charge in [0.1, 0.15) is 4.83 Å². The molecule has 1 N–H and O–H groups in total. The summed E-state index contributed by atoms with van der Waals surface area (Å²) in [5, 5.41) is 7.70. The van der Waals surface area contributed by atoms with E-state index in [9.17, 15) is 0 Å². The highest BCUT2D eigenvalue weighted by Crippen LogP contribution is 2.46. The summed E-state index contributed by atoms with van der Waals surface area (Å²) in [6.07, 6.45) is 1.81. The number of fused-ring (bicyclic) bond motifs is 8. The molecule has 0 atom stereocenters. The van der Waals surface area contributed by atoms with Crippen LogP contribution in [0.25, 0.3) is 69.5 Å². The fourth-order valence-corrected chi connectivity index (χ4v) is 6.34. The number of aromatic amines is 1. The predicted molar refractivity (Wildman–Crippen MR) is 118 cm³/mol. The maximum absolute atomic E-state index is 6.05. The summed E-state index contributed by atoms with van der Waals surface area (Å²) in [6.45, 7) is 0. The summed E-state index contributed by atoms with van der Waals surface area (Å²) < 4.78 is 9.80. The normalized spacial score (nSPS) is 13.0. The maximum atomic E-state index is 6.05. The van der Waals surface area contributed by atoms with Gasteiger partial charge in [0, 0.05) is 54.1 Å². The molecule has 5 aromatic heterocycles. The quantitative estimate of drug-likeness (QED) is 0.296. The van der Waals surface area contributed by atoms with Crippen molar-refractivity contribution in [1.29, 1.82) is 0 Å². The van der Waals surface area contributed by atoms with Crippen molar-refractivity contribution in [2.75, 3.05) is 0 Å². The zero-order valence-corrected chi connectivity index (χ0v) is 15.4. The van der Waals surface area contributed by atoms with Crippen LogP contribution in [-0.2, 0) is 0 Å². The summed E-state index contributed by atoms with van der Waals surface area (Å²) in [4.78, 5) is 4.90. The highest BCUT2D eigenvalue weighted by atomic mass is 32.1. The molecule has 0 spiro atoms. The Morgan fingerprint density at radius 3 is 2.64 bits per heavy atom. The number of nitrogens with zero attached hydrogens (tertiary/aromatic N) is 1. The zero-order chi connectivity index (χ0) is 18.0. The van der Waals surface area contributed by atoms with Gasteiger partial charge in [-0.2, -0.15) is 0 Å². The van der Waals surface area contributed by atoms with Crippen LogP contribution in [0.2, 0.25) is 0 Å². The third-order valence-electron chi connectivity index (χ3n) is 6.16. The number of rotatable bonds is 0. The van der Waals surface area contributed by atoms with E-state index in [2.05, 4.69) is 70.0 Å². The highest BCUT2D eigenvalue weighted by molar-refractivity contribution is 7.25. The van der Waals surface area contributed by atoms with Gasteiger partial charge in [-0.3, -0.25) is 4.40 Å². The Hall–Kier alpha value is -3.50. The lowest BCUT2D eigenvalue weighted by molar-refractivity contribution is 0.619. The van der Waals surface area contributed by atoms with Gasteiger partial charge in [0.25, 0.3) is 0 Å². The van der Waals surface area contributed by atoms with E-state index in [1.807, 2.05) is 17.6 Å². The predicted octanol–water partition coefficient (Wildman–Crippen LogP) is 7.28. The molecule has 0 aliphatic carbocycles. The first kappa shape index (κ1) is 13.6. The monoisotopic (exact) mass is 376 g/mol. The lowest BCUT2D eigenvalue weighted by Gasteiger charge is -1.98. The van der Waals surface area contributed by atoms with Crippen molar-refractivity contribution in [3.63, 3.8) is 0 Å². The van der Waals surface area contributed by atoms with E-state index < -0.39 is 0 Å². The molecule has 3 aromatic carbocycles. The van der Waals surface area contributed by atoms with Gasteiger partial charge in [-0.05, 0) is 18.2 Å². The third-order valence-corrected chi connectivity index (χ3v) is 7.32. The molecule has 8 aromatic rings. The number of furan rings is 1. The highest BCUT2D eigenvalue weighted by Gasteiger charge is 2.22. The molecule has 8 rings (SSSR count). The lowest BCUT2D eigenvalue weighted by atomic mass is 10.1. The number of nitrogens with one attached hydrogen (secondary N) is 1. The van der Waals surface area contributed by atoms with Crippen LogP contribution in [0.5, 0.6) is 0 Å². The Balaban J connectivity index is 1.91. The van der Waals surface area contributed by atoms with Crippen LogP contribution in [-0.4, -0.2) is 9.38 Å². The van der Waals surface area contributed by atoms with Gasteiger partial charge in [0.2, 0.25) is 0 Å². The average molecular weight is 376 g/mol. The van der Waals surface area contributed by atoms with E-state index in [4.69, 9.17) is 4.42 Å². The van der Waals surface area contributed by atoms with Crippen LogP contribution >= 0.6 is 11.3 Å². The van der Waals surface area contributed by atoms with E-state index in [1.165, 1.54) is 47.5 Å². The van der Waals surface area contributed by atoms with Gasteiger partial charge in [-0.15, -0.1) is 11.3 Å². The molecule has 0 saturated heterocycles. The first-order valence-electron chi connectivity index (χ1n) is 9.37. The maximum Gasteiger partial charge on any atom is 0.158 e. The number of hydrogen-bond donors (Lipinski definition) is 1. The van der Waals surface area contributed by atoms with E-state index in [0.29, 0.717) is 0 Å². The van der Waals surface area contributed by atoms with Crippen molar-refractivity contribution in [2.45, 2.75) is 0 Å². The van der Waals surface area contributed by atoms with Crippen molar-refractivity contribution < 1.29 is 4.42 Å². The SMILES string of the molecule is c1ccc2c(c1)sc1c2c2ccc3[nH]c4cccc5c6occc6n1c2c3c45. The summed E-state index contributed by atoms with van der Waals surface area (Å²) >= 11 is 1.86. The van der Waals surface area contributed by atoms with Crippen molar-refractivity contribution in [3.8, 4) is 0 Å². The molecule has 0 radical (unpaired) electrons. The molecular formula is C24H12N2OS. The molecule has 0 saturated carbocycles. The molecule has 130 valence electrons. The van der Waals surface area contributed by atoms with Gasteiger partial charge in [-0.1, -0.05) is 36.4 Å². The zero-order valence-electron chi connectivity index (χ0n) is 14.6. The van der Waals surface area contributed by atoms with Crippen LogP contribution in [0, 0.1) is 0 Å². The first-order valence-corrected chi connectivity index (χ1v) is 10.2. The second-order valence-corrected chi connectivity index (χ2v) is 8.52. The largest absolute Gasteiger partial charge is 0.462 e. The number of thiophene rings is 1. The van der Waals surface area contributed by atoms with E-state index >= 15 is 0 Å². The van der Waals surface area contributed by atoms with Gasteiger partial charge >= 0.3 is 0 Å². The minimum absolute atomic E-state index is 0.943. The standard InChI is InChI=1S/C24H12N2OS/c1-2-7-18-12(4-1)19-13-8-9-16-21-20-14(5-3-6-15(20)25-16)23-17(10-11-27-23)26(22(13)21)24(19)28-18/h1-11,25H. The van der Waals surface area contributed by atoms with Crippen molar-refractivity contribution in [1.82, 2.24) is 9.38 Å². The molecule has 3 nitrogen and oxygen atoms in total. The Bertz CT molecular complexity index is 1870. The van der Waals surface area contributed by atoms with Crippen molar-refractivity contribution >= 4 is 80.8 Å². The fourth-order valence-electron chi connectivity index (χ4n) is 5.10.